The number of unbranched alkanes of at least 4 members (excludes halogenated alkanes) is 1. The first kappa shape index (κ1) is 17.9. The molecule has 0 aliphatic carbocycles. The molecule has 130 valence electrons. The van der Waals surface area contributed by atoms with Crippen molar-refractivity contribution in [2.75, 3.05) is 33.3 Å². The lowest BCUT2D eigenvalue weighted by Gasteiger charge is -2.25. The predicted molar refractivity (Wildman–Crippen MR) is 93.8 cm³/mol. The van der Waals surface area contributed by atoms with Crippen molar-refractivity contribution in [1.29, 1.82) is 0 Å². The van der Waals surface area contributed by atoms with Crippen LogP contribution in [0.4, 0.5) is 0 Å². The van der Waals surface area contributed by atoms with E-state index in [9.17, 15) is 0 Å². The van der Waals surface area contributed by atoms with Crippen LogP contribution in [0.15, 0.2) is 27.8 Å². The first-order valence-electron chi connectivity index (χ1n) is 8.93. The van der Waals surface area contributed by atoms with Gasteiger partial charge in [-0.1, -0.05) is 13.3 Å². The van der Waals surface area contributed by atoms with Gasteiger partial charge < -0.3 is 19.4 Å². The Labute approximate surface area is 140 Å². The molecular formula is C18H31N3O2. The van der Waals surface area contributed by atoms with Crippen molar-refractivity contribution in [3.8, 4) is 0 Å². The molecule has 1 unspecified atom stereocenters. The standard InChI is InChI=1S/C18H31N3O2/c1-3-4-12-21(2)18(19-11-10-16-9-7-14-22-16)20-15-17-8-5-6-13-23-17/h7,9,14,17H,3-6,8,10-13,15H2,1-2H3,(H,19,20). The summed E-state index contributed by atoms with van der Waals surface area (Å²) in [5, 5.41) is 3.47. The van der Waals surface area contributed by atoms with E-state index in [0.717, 1.165) is 50.8 Å². The maximum atomic E-state index is 5.78. The van der Waals surface area contributed by atoms with Gasteiger partial charge in [0, 0.05) is 33.2 Å². The van der Waals surface area contributed by atoms with Gasteiger partial charge in [0.25, 0.3) is 0 Å². The summed E-state index contributed by atoms with van der Waals surface area (Å²) < 4.78 is 11.2. The van der Waals surface area contributed by atoms with E-state index < -0.39 is 0 Å². The molecule has 1 aliphatic rings. The third kappa shape index (κ3) is 6.65. The molecule has 2 heterocycles. The molecule has 1 fully saturated rings. The molecule has 5 nitrogen and oxygen atoms in total. The Hall–Kier alpha value is -1.49. The summed E-state index contributed by atoms with van der Waals surface area (Å²) in [7, 11) is 2.11. The van der Waals surface area contributed by atoms with Crippen molar-refractivity contribution < 1.29 is 9.15 Å². The fourth-order valence-corrected chi connectivity index (χ4v) is 2.70. The number of hydrogen-bond acceptors (Lipinski definition) is 3. The fraction of sp³-hybridized carbons (Fsp3) is 0.722. The molecule has 1 aliphatic heterocycles. The number of hydrogen-bond donors (Lipinski definition) is 1. The fourth-order valence-electron chi connectivity index (χ4n) is 2.70. The Morgan fingerprint density at radius 3 is 3.04 bits per heavy atom. The molecular weight excluding hydrogens is 290 g/mol. The molecule has 1 atom stereocenters. The van der Waals surface area contributed by atoms with E-state index in [2.05, 4.69) is 24.2 Å². The maximum Gasteiger partial charge on any atom is 0.193 e. The monoisotopic (exact) mass is 321 g/mol. The second kappa shape index (κ2) is 10.3. The van der Waals surface area contributed by atoms with Crippen molar-refractivity contribution in [2.24, 2.45) is 4.99 Å². The van der Waals surface area contributed by atoms with Crippen LogP contribution in [0.1, 0.15) is 44.8 Å². The molecule has 1 saturated heterocycles. The van der Waals surface area contributed by atoms with Crippen LogP contribution >= 0.6 is 0 Å². The Morgan fingerprint density at radius 1 is 1.43 bits per heavy atom. The van der Waals surface area contributed by atoms with Gasteiger partial charge >= 0.3 is 0 Å². The summed E-state index contributed by atoms with van der Waals surface area (Å²) in [6.07, 6.45) is 8.81. The van der Waals surface area contributed by atoms with Crippen LogP contribution in [0.3, 0.4) is 0 Å². The number of rotatable bonds is 8. The van der Waals surface area contributed by atoms with Gasteiger partial charge in [0.1, 0.15) is 5.76 Å². The van der Waals surface area contributed by atoms with Crippen molar-refractivity contribution in [2.45, 2.75) is 51.6 Å². The minimum Gasteiger partial charge on any atom is -0.469 e. The van der Waals surface area contributed by atoms with Gasteiger partial charge in [-0.3, -0.25) is 4.99 Å². The summed E-state index contributed by atoms with van der Waals surface area (Å²) in [6, 6.07) is 3.94. The van der Waals surface area contributed by atoms with Gasteiger partial charge in [0.15, 0.2) is 5.96 Å². The van der Waals surface area contributed by atoms with Gasteiger partial charge in [-0.2, -0.15) is 0 Å². The van der Waals surface area contributed by atoms with Crippen molar-refractivity contribution in [3.63, 3.8) is 0 Å². The third-order valence-electron chi connectivity index (χ3n) is 4.16. The van der Waals surface area contributed by atoms with Crippen molar-refractivity contribution in [3.05, 3.63) is 24.2 Å². The highest BCUT2D eigenvalue weighted by molar-refractivity contribution is 5.79. The SMILES string of the molecule is CCCCN(C)C(=NCC1CCCCO1)NCCc1ccco1. The molecule has 0 spiro atoms. The molecule has 1 N–H and O–H groups in total. The number of guanidine groups is 1. The third-order valence-corrected chi connectivity index (χ3v) is 4.16. The van der Waals surface area contributed by atoms with Crippen LogP contribution in [-0.4, -0.2) is 50.3 Å². The summed E-state index contributed by atoms with van der Waals surface area (Å²) in [4.78, 5) is 7.01. The summed E-state index contributed by atoms with van der Waals surface area (Å²) >= 11 is 0. The lowest BCUT2D eigenvalue weighted by Crippen LogP contribution is -2.41. The number of nitrogens with one attached hydrogen (secondary N) is 1. The van der Waals surface area contributed by atoms with Crippen molar-refractivity contribution >= 4 is 5.96 Å². The highest BCUT2D eigenvalue weighted by Crippen LogP contribution is 2.12. The quantitative estimate of drug-likeness (QED) is 0.590. The van der Waals surface area contributed by atoms with E-state index in [1.54, 1.807) is 6.26 Å². The zero-order chi connectivity index (χ0) is 16.3. The van der Waals surface area contributed by atoms with E-state index in [1.165, 1.54) is 25.7 Å². The van der Waals surface area contributed by atoms with E-state index in [1.807, 2.05) is 12.1 Å². The van der Waals surface area contributed by atoms with Gasteiger partial charge in [0.2, 0.25) is 0 Å². The molecule has 1 aromatic heterocycles. The van der Waals surface area contributed by atoms with Crippen LogP contribution < -0.4 is 5.32 Å². The number of ether oxygens (including phenoxy) is 1. The Balaban J connectivity index is 1.84. The van der Waals surface area contributed by atoms with E-state index in [4.69, 9.17) is 14.1 Å². The number of furan rings is 1. The topological polar surface area (TPSA) is 50.0 Å². The largest absolute Gasteiger partial charge is 0.469 e. The highest BCUT2D eigenvalue weighted by Gasteiger charge is 2.14. The second-order valence-electron chi connectivity index (χ2n) is 6.18. The normalized spacial score (nSPS) is 18.9. The average Bonchev–Trinajstić information content (AvgIpc) is 3.10. The minimum atomic E-state index is 0.283. The highest BCUT2D eigenvalue weighted by atomic mass is 16.5. The molecule has 1 aromatic rings. The molecule has 0 aromatic carbocycles. The first-order chi connectivity index (χ1) is 11.3. The van der Waals surface area contributed by atoms with Gasteiger partial charge in [-0.15, -0.1) is 0 Å². The second-order valence-corrected chi connectivity index (χ2v) is 6.18. The first-order valence-corrected chi connectivity index (χ1v) is 8.93. The summed E-state index contributed by atoms with van der Waals surface area (Å²) in [5.74, 6) is 1.97. The van der Waals surface area contributed by atoms with Gasteiger partial charge in [-0.25, -0.2) is 0 Å². The smallest absolute Gasteiger partial charge is 0.193 e. The van der Waals surface area contributed by atoms with Crippen LogP contribution in [0, 0.1) is 0 Å². The Morgan fingerprint density at radius 2 is 2.35 bits per heavy atom. The van der Waals surface area contributed by atoms with Gasteiger partial charge in [0.05, 0.1) is 18.9 Å². The maximum absolute atomic E-state index is 5.78. The molecule has 0 radical (unpaired) electrons. The number of nitrogens with zero attached hydrogens (tertiary/aromatic N) is 2. The molecule has 2 rings (SSSR count). The zero-order valence-electron chi connectivity index (χ0n) is 14.6. The zero-order valence-corrected chi connectivity index (χ0v) is 14.6. The molecule has 0 amide bonds. The van der Waals surface area contributed by atoms with Crippen LogP contribution in [0.2, 0.25) is 0 Å². The molecule has 0 bridgehead atoms. The minimum absolute atomic E-state index is 0.283. The van der Waals surface area contributed by atoms with Gasteiger partial charge in [-0.05, 0) is 37.8 Å². The van der Waals surface area contributed by atoms with E-state index >= 15 is 0 Å². The molecule has 0 saturated carbocycles. The lowest BCUT2D eigenvalue weighted by molar-refractivity contribution is 0.0223. The van der Waals surface area contributed by atoms with E-state index in [0.29, 0.717) is 0 Å². The average molecular weight is 321 g/mol. The van der Waals surface area contributed by atoms with Crippen LogP contribution in [0.25, 0.3) is 0 Å². The molecule has 23 heavy (non-hydrogen) atoms. The molecule has 5 heteroatoms. The number of aliphatic imine (C=N–C) groups is 1. The Kier molecular flexibility index (Phi) is 8.01. The summed E-state index contributed by atoms with van der Waals surface area (Å²) in [6.45, 7) is 5.69. The van der Waals surface area contributed by atoms with Crippen molar-refractivity contribution in [1.82, 2.24) is 10.2 Å². The van der Waals surface area contributed by atoms with Crippen LogP contribution in [-0.2, 0) is 11.2 Å². The predicted octanol–water partition coefficient (Wildman–Crippen LogP) is 3.07. The van der Waals surface area contributed by atoms with E-state index in [-0.39, 0.29) is 6.10 Å². The Bertz CT molecular complexity index is 439. The van der Waals surface area contributed by atoms with Crippen LogP contribution in [0.5, 0.6) is 0 Å². The lowest BCUT2D eigenvalue weighted by atomic mass is 10.1. The summed E-state index contributed by atoms with van der Waals surface area (Å²) in [5.41, 5.74) is 0.